The highest BCUT2D eigenvalue weighted by atomic mass is 35.5. The van der Waals surface area contributed by atoms with Crippen LogP contribution in [0.2, 0.25) is 5.15 Å². The van der Waals surface area contributed by atoms with E-state index < -0.39 is 23.3 Å². The van der Waals surface area contributed by atoms with Gasteiger partial charge in [0.1, 0.15) is 5.15 Å². The van der Waals surface area contributed by atoms with Crippen molar-refractivity contribution in [3.05, 3.63) is 57.5 Å². The predicted molar refractivity (Wildman–Crippen MR) is 110 cm³/mol. The van der Waals surface area contributed by atoms with E-state index in [2.05, 4.69) is 19.9 Å². The van der Waals surface area contributed by atoms with E-state index in [1.807, 2.05) is 12.1 Å². The Labute approximate surface area is 183 Å². The summed E-state index contributed by atoms with van der Waals surface area (Å²) < 4.78 is 46.5. The summed E-state index contributed by atoms with van der Waals surface area (Å²) in [6.07, 6.45) is 1.91. The fourth-order valence-electron chi connectivity index (χ4n) is 3.66. The number of carbonyl (C=O) groups is 1. The second-order valence-electron chi connectivity index (χ2n) is 7.17. The summed E-state index contributed by atoms with van der Waals surface area (Å²) in [5.41, 5.74) is 2.48. The van der Waals surface area contributed by atoms with Crippen LogP contribution in [0.4, 0.5) is 13.2 Å². The number of hydrazone groups is 1. The normalized spacial score (nSPS) is 18.6. The van der Waals surface area contributed by atoms with Gasteiger partial charge in [-0.15, -0.1) is 0 Å². The molecule has 12 heteroatoms. The SMILES string of the molecule is O=C(c1nc2c(C(F)(F)F)cc(C3C=NNC3)cn2c1Cl)N1CC=C(c2ccns2)C1. The van der Waals surface area contributed by atoms with Gasteiger partial charge in [-0.3, -0.25) is 9.20 Å². The van der Waals surface area contributed by atoms with Gasteiger partial charge >= 0.3 is 6.18 Å². The van der Waals surface area contributed by atoms with E-state index in [1.54, 1.807) is 6.20 Å². The molecule has 31 heavy (non-hydrogen) atoms. The molecule has 5 rings (SSSR count). The number of fused-ring (bicyclic) bond motifs is 1. The Balaban J connectivity index is 1.53. The van der Waals surface area contributed by atoms with Crippen LogP contribution in [0.3, 0.4) is 0 Å². The van der Waals surface area contributed by atoms with Gasteiger partial charge in [0.25, 0.3) is 5.91 Å². The molecule has 0 radical (unpaired) electrons. The van der Waals surface area contributed by atoms with Crippen molar-refractivity contribution >= 4 is 46.5 Å². The van der Waals surface area contributed by atoms with Gasteiger partial charge in [0.2, 0.25) is 0 Å². The van der Waals surface area contributed by atoms with Crippen LogP contribution in [0.15, 0.2) is 35.7 Å². The number of nitrogens with zero attached hydrogens (tertiary/aromatic N) is 5. The van der Waals surface area contributed by atoms with Crippen molar-refractivity contribution in [2.24, 2.45) is 5.10 Å². The van der Waals surface area contributed by atoms with E-state index in [1.165, 1.54) is 28.8 Å². The minimum atomic E-state index is -4.66. The summed E-state index contributed by atoms with van der Waals surface area (Å²) in [7, 11) is 0. The third-order valence-corrected chi connectivity index (χ3v) is 6.42. The van der Waals surface area contributed by atoms with E-state index in [4.69, 9.17) is 11.6 Å². The van der Waals surface area contributed by atoms with E-state index >= 15 is 0 Å². The summed E-state index contributed by atoms with van der Waals surface area (Å²) >= 11 is 7.69. The number of nitrogens with one attached hydrogen (secondary N) is 1. The lowest BCUT2D eigenvalue weighted by molar-refractivity contribution is -0.136. The van der Waals surface area contributed by atoms with Gasteiger partial charge in [-0.2, -0.15) is 18.3 Å². The lowest BCUT2D eigenvalue weighted by atomic mass is 10.0. The number of amides is 1. The number of carbonyl (C=O) groups excluding carboxylic acids is 1. The largest absolute Gasteiger partial charge is 0.419 e. The standard InChI is InChI=1S/C19H14ClF3N6OS/c20-16-15(18(30)28-4-2-10(8-28)14-1-3-26-31-14)27-17-13(19(21,22)23)5-11(9-29(16)17)12-6-24-25-7-12/h1-3,5-6,9,12,25H,4,7-8H2. The van der Waals surface area contributed by atoms with Gasteiger partial charge in [-0.05, 0) is 34.8 Å². The van der Waals surface area contributed by atoms with Crippen LogP contribution in [0.1, 0.15) is 32.4 Å². The Hall–Kier alpha value is -2.92. The van der Waals surface area contributed by atoms with Gasteiger partial charge in [-0.1, -0.05) is 17.7 Å². The van der Waals surface area contributed by atoms with Crippen molar-refractivity contribution in [2.75, 3.05) is 19.6 Å². The highest BCUT2D eigenvalue weighted by Crippen LogP contribution is 2.36. The minimum Gasteiger partial charge on any atom is -0.329 e. The fraction of sp³-hybridized carbons (Fsp3) is 0.263. The molecule has 0 fully saturated rings. The second-order valence-corrected chi connectivity index (χ2v) is 8.36. The number of hydrogen-bond donors (Lipinski definition) is 1. The molecule has 0 spiro atoms. The molecule has 1 amide bonds. The maximum Gasteiger partial charge on any atom is 0.419 e. The van der Waals surface area contributed by atoms with Crippen LogP contribution in [0, 0.1) is 0 Å². The van der Waals surface area contributed by atoms with Crippen LogP contribution in [-0.4, -0.2) is 50.4 Å². The zero-order valence-corrected chi connectivity index (χ0v) is 17.3. The van der Waals surface area contributed by atoms with Crippen molar-refractivity contribution in [2.45, 2.75) is 12.1 Å². The van der Waals surface area contributed by atoms with Crippen LogP contribution in [-0.2, 0) is 6.18 Å². The lowest BCUT2D eigenvalue weighted by Gasteiger charge is -2.14. The van der Waals surface area contributed by atoms with Gasteiger partial charge in [0.05, 0.1) is 10.4 Å². The van der Waals surface area contributed by atoms with Crippen LogP contribution < -0.4 is 5.43 Å². The molecule has 3 aromatic heterocycles. The maximum absolute atomic E-state index is 13.8. The molecule has 2 aliphatic heterocycles. The number of halogens is 4. The summed E-state index contributed by atoms with van der Waals surface area (Å²) in [4.78, 5) is 19.5. The van der Waals surface area contributed by atoms with Gasteiger partial charge < -0.3 is 10.3 Å². The molecule has 1 unspecified atom stereocenters. The van der Waals surface area contributed by atoms with Gasteiger partial charge in [-0.25, -0.2) is 9.36 Å². The molecule has 0 aromatic carbocycles. The molecule has 0 aliphatic carbocycles. The average molecular weight is 467 g/mol. The van der Waals surface area contributed by atoms with Gasteiger partial charge in [0.15, 0.2) is 11.3 Å². The van der Waals surface area contributed by atoms with Crippen LogP contribution >= 0.6 is 23.1 Å². The van der Waals surface area contributed by atoms with Crippen molar-refractivity contribution in [3.8, 4) is 0 Å². The molecule has 1 N–H and O–H groups in total. The molecule has 7 nitrogen and oxygen atoms in total. The van der Waals surface area contributed by atoms with E-state index in [9.17, 15) is 18.0 Å². The molecule has 0 saturated carbocycles. The summed E-state index contributed by atoms with van der Waals surface area (Å²) in [5.74, 6) is -0.865. The zero-order valence-electron chi connectivity index (χ0n) is 15.7. The van der Waals surface area contributed by atoms with Gasteiger partial charge in [0, 0.05) is 44.2 Å². The highest BCUT2D eigenvalue weighted by molar-refractivity contribution is 7.07. The van der Waals surface area contributed by atoms with E-state index in [0.29, 0.717) is 25.2 Å². The van der Waals surface area contributed by atoms with Crippen LogP contribution in [0.25, 0.3) is 11.2 Å². The molecular formula is C19H14ClF3N6OS. The molecule has 0 bridgehead atoms. The Morgan fingerprint density at radius 1 is 1.35 bits per heavy atom. The molecule has 5 heterocycles. The minimum absolute atomic E-state index is 0.151. The summed E-state index contributed by atoms with van der Waals surface area (Å²) in [6.45, 7) is 1.01. The second kappa shape index (κ2) is 7.34. The van der Waals surface area contributed by atoms with Crippen molar-refractivity contribution in [1.82, 2.24) is 24.1 Å². The highest BCUT2D eigenvalue weighted by Gasteiger charge is 2.37. The first-order valence-electron chi connectivity index (χ1n) is 9.27. The molecule has 3 aromatic rings. The average Bonchev–Trinajstić information content (AvgIpc) is 3.53. The van der Waals surface area contributed by atoms with Crippen molar-refractivity contribution in [3.63, 3.8) is 0 Å². The molecule has 160 valence electrons. The first-order chi connectivity index (χ1) is 14.8. The Morgan fingerprint density at radius 2 is 2.19 bits per heavy atom. The predicted octanol–water partition coefficient (Wildman–Crippen LogP) is 3.68. The summed E-state index contributed by atoms with van der Waals surface area (Å²) in [5, 5.41) is 3.71. The Morgan fingerprint density at radius 3 is 2.87 bits per heavy atom. The number of imidazole rings is 1. The lowest BCUT2D eigenvalue weighted by Crippen LogP contribution is -2.29. The molecule has 0 saturated heterocycles. The Bertz CT molecular complexity index is 1230. The first kappa shape index (κ1) is 20.0. The number of hydrogen-bond acceptors (Lipinski definition) is 6. The maximum atomic E-state index is 13.8. The third kappa shape index (κ3) is 3.47. The third-order valence-electron chi connectivity index (χ3n) is 5.24. The molecular weight excluding hydrogens is 453 g/mol. The monoisotopic (exact) mass is 466 g/mol. The van der Waals surface area contributed by atoms with Crippen molar-refractivity contribution < 1.29 is 18.0 Å². The quantitative estimate of drug-likeness (QED) is 0.639. The smallest absolute Gasteiger partial charge is 0.329 e. The first-order valence-corrected chi connectivity index (χ1v) is 10.4. The fourth-order valence-corrected chi connectivity index (χ4v) is 4.53. The summed E-state index contributed by atoms with van der Waals surface area (Å²) in [6, 6.07) is 2.89. The van der Waals surface area contributed by atoms with Crippen LogP contribution in [0.5, 0.6) is 0 Å². The van der Waals surface area contributed by atoms with E-state index in [-0.39, 0.29) is 16.8 Å². The number of aromatic nitrogens is 3. The molecule has 1 atom stereocenters. The number of rotatable bonds is 3. The van der Waals surface area contributed by atoms with Crippen molar-refractivity contribution in [1.29, 1.82) is 0 Å². The molecule has 2 aliphatic rings. The Kier molecular flexibility index (Phi) is 4.74. The topological polar surface area (TPSA) is 74.9 Å². The number of alkyl halides is 3. The zero-order chi connectivity index (χ0) is 21.8. The van der Waals surface area contributed by atoms with E-state index in [0.717, 1.165) is 20.9 Å². The number of pyridine rings is 1.